The average Bonchev–Trinajstić information content (AvgIpc) is 3.18. The second-order valence-corrected chi connectivity index (χ2v) is 10.1. The lowest BCUT2D eigenvalue weighted by molar-refractivity contribution is 0.0909. The van der Waals surface area contributed by atoms with Gasteiger partial charge in [0.2, 0.25) is 15.0 Å². The molecule has 2 aromatic heterocycles. The van der Waals surface area contributed by atoms with Crippen LogP contribution in [0.1, 0.15) is 45.8 Å². The molecule has 9 nitrogen and oxygen atoms in total. The number of nitrogens with one attached hydrogen (secondary N) is 1. The highest BCUT2D eigenvalue weighted by atomic mass is 35.5. The van der Waals surface area contributed by atoms with E-state index in [4.69, 9.17) is 11.6 Å². The van der Waals surface area contributed by atoms with Crippen molar-refractivity contribution in [1.29, 1.82) is 5.26 Å². The van der Waals surface area contributed by atoms with Crippen LogP contribution in [0.15, 0.2) is 48.1 Å². The van der Waals surface area contributed by atoms with Crippen molar-refractivity contribution in [3.05, 3.63) is 70.3 Å². The molecule has 164 valence electrons. The Morgan fingerprint density at radius 1 is 1.28 bits per heavy atom. The standard InChI is InChI=1S/C21H19ClN6O3S/c1-32(30,31)21-24-8-13(9-25-21)11-28-12-16(10-26-28)20(29)27-18-4-15(5-18)19-6-17(22)3-2-14(19)7-23/h2-3,6,8-10,12,15,18H,4-5,11H2,1H3,(H,27,29). The number of carbonyl (C=O) groups is 1. The van der Waals surface area contributed by atoms with Gasteiger partial charge in [-0.15, -0.1) is 0 Å². The van der Waals surface area contributed by atoms with Crippen LogP contribution in [0.2, 0.25) is 5.02 Å². The van der Waals surface area contributed by atoms with Gasteiger partial charge < -0.3 is 5.32 Å². The molecule has 0 atom stereocenters. The number of hydrogen-bond acceptors (Lipinski definition) is 7. The third-order valence-electron chi connectivity index (χ3n) is 5.30. The molecule has 11 heteroatoms. The van der Waals surface area contributed by atoms with Gasteiger partial charge in [-0.05, 0) is 42.5 Å². The summed E-state index contributed by atoms with van der Waals surface area (Å²) in [5.41, 5.74) is 2.60. The minimum Gasteiger partial charge on any atom is -0.349 e. The minimum atomic E-state index is -3.46. The molecule has 1 amide bonds. The fraction of sp³-hybridized carbons (Fsp3) is 0.286. The predicted octanol–water partition coefficient (Wildman–Crippen LogP) is 2.33. The van der Waals surface area contributed by atoms with Gasteiger partial charge in [-0.1, -0.05) is 11.6 Å². The SMILES string of the molecule is CS(=O)(=O)c1ncc(Cn2cc(C(=O)NC3CC(c4cc(Cl)ccc4C#N)C3)cn2)cn1. The van der Waals surface area contributed by atoms with Crippen LogP contribution in [-0.4, -0.2) is 46.4 Å². The molecule has 0 spiro atoms. The molecule has 1 saturated carbocycles. The van der Waals surface area contributed by atoms with Gasteiger partial charge >= 0.3 is 0 Å². The van der Waals surface area contributed by atoms with E-state index in [0.717, 1.165) is 24.7 Å². The first kappa shape index (κ1) is 21.9. The van der Waals surface area contributed by atoms with Crippen molar-refractivity contribution >= 4 is 27.3 Å². The molecule has 3 aromatic rings. The smallest absolute Gasteiger partial charge is 0.254 e. The number of benzene rings is 1. The lowest BCUT2D eigenvalue weighted by Crippen LogP contribution is -2.43. The number of nitriles is 1. The number of rotatable bonds is 6. The number of amides is 1. The van der Waals surface area contributed by atoms with E-state index in [0.29, 0.717) is 28.3 Å². The van der Waals surface area contributed by atoms with Crippen LogP contribution in [0.25, 0.3) is 0 Å². The van der Waals surface area contributed by atoms with Crippen molar-refractivity contribution < 1.29 is 13.2 Å². The zero-order chi connectivity index (χ0) is 22.9. The van der Waals surface area contributed by atoms with E-state index < -0.39 is 9.84 Å². The Hall–Kier alpha value is -3.29. The van der Waals surface area contributed by atoms with Crippen LogP contribution in [0.3, 0.4) is 0 Å². The van der Waals surface area contributed by atoms with Gasteiger partial charge in [0.05, 0.1) is 29.9 Å². The molecule has 0 radical (unpaired) electrons. The van der Waals surface area contributed by atoms with Crippen LogP contribution in [0, 0.1) is 11.3 Å². The number of aromatic nitrogens is 4. The van der Waals surface area contributed by atoms with Gasteiger partial charge in [0.1, 0.15) is 0 Å². The van der Waals surface area contributed by atoms with Gasteiger partial charge in [0.15, 0.2) is 0 Å². The van der Waals surface area contributed by atoms with Gasteiger partial charge in [-0.3, -0.25) is 9.48 Å². The Morgan fingerprint density at radius 3 is 2.66 bits per heavy atom. The Bertz CT molecular complexity index is 1310. The molecular formula is C21H19ClN6O3S. The summed E-state index contributed by atoms with van der Waals surface area (Å²) in [4.78, 5) is 20.3. The molecule has 0 bridgehead atoms. The van der Waals surface area contributed by atoms with E-state index in [-0.39, 0.29) is 23.0 Å². The van der Waals surface area contributed by atoms with E-state index in [9.17, 15) is 18.5 Å². The topological polar surface area (TPSA) is 131 Å². The monoisotopic (exact) mass is 470 g/mol. The highest BCUT2D eigenvalue weighted by Gasteiger charge is 2.33. The van der Waals surface area contributed by atoms with Gasteiger partial charge in [-0.2, -0.15) is 10.4 Å². The number of nitrogens with zero attached hydrogens (tertiary/aromatic N) is 5. The normalized spacial score (nSPS) is 17.9. The van der Waals surface area contributed by atoms with Crippen molar-refractivity contribution in [3.63, 3.8) is 0 Å². The third-order valence-corrected chi connectivity index (χ3v) is 6.41. The summed E-state index contributed by atoms with van der Waals surface area (Å²) in [5, 5.41) is 16.8. The number of hydrogen-bond donors (Lipinski definition) is 1. The van der Waals surface area contributed by atoms with Crippen molar-refractivity contribution in [2.24, 2.45) is 0 Å². The third kappa shape index (κ3) is 4.79. The van der Waals surface area contributed by atoms with E-state index in [1.54, 1.807) is 23.0 Å². The summed E-state index contributed by atoms with van der Waals surface area (Å²) in [6.45, 7) is 0.300. The Balaban J connectivity index is 1.33. The molecular weight excluding hydrogens is 452 g/mol. The molecule has 0 saturated heterocycles. The molecule has 1 fully saturated rings. The lowest BCUT2D eigenvalue weighted by atomic mass is 9.74. The Kier molecular flexibility index (Phi) is 5.95. The van der Waals surface area contributed by atoms with Crippen molar-refractivity contribution in [2.45, 2.75) is 36.5 Å². The quantitative estimate of drug-likeness (QED) is 0.547. The van der Waals surface area contributed by atoms with Gasteiger partial charge in [0, 0.05) is 41.5 Å². The first-order chi connectivity index (χ1) is 15.2. The Labute approximate surface area is 190 Å². The predicted molar refractivity (Wildman–Crippen MR) is 116 cm³/mol. The molecule has 1 aliphatic rings. The summed E-state index contributed by atoms with van der Waals surface area (Å²) in [5.74, 6) is -0.0405. The van der Waals surface area contributed by atoms with Crippen molar-refractivity contribution in [2.75, 3.05) is 6.26 Å². The van der Waals surface area contributed by atoms with Crippen LogP contribution < -0.4 is 5.32 Å². The number of halogens is 1. The first-order valence-corrected chi connectivity index (χ1v) is 12.0. The fourth-order valence-corrected chi connectivity index (χ4v) is 4.27. The van der Waals surface area contributed by atoms with Gasteiger partial charge in [0.25, 0.3) is 5.91 Å². The van der Waals surface area contributed by atoms with Crippen molar-refractivity contribution in [1.82, 2.24) is 25.1 Å². The maximum Gasteiger partial charge on any atom is 0.254 e. The summed E-state index contributed by atoms with van der Waals surface area (Å²) < 4.78 is 24.4. The van der Waals surface area contributed by atoms with Crippen LogP contribution in [0.4, 0.5) is 0 Å². The second-order valence-electron chi connectivity index (χ2n) is 7.75. The molecule has 1 aliphatic carbocycles. The molecule has 0 aliphatic heterocycles. The molecule has 4 rings (SSSR count). The average molecular weight is 471 g/mol. The second kappa shape index (κ2) is 8.68. The highest BCUT2D eigenvalue weighted by molar-refractivity contribution is 7.90. The van der Waals surface area contributed by atoms with Crippen LogP contribution in [-0.2, 0) is 16.4 Å². The molecule has 0 unspecified atom stereocenters. The van der Waals surface area contributed by atoms with Crippen LogP contribution in [0.5, 0.6) is 0 Å². The lowest BCUT2D eigenvalue weighted by Gasteiger charge is -2.36. The van der Waals surface area contributed by atoms with E-state index in [2.05, 4.69) is 26.5 Å². The zero-order valence-electron chi connectivity index (χ0n) is 17.1. The molecule has 32 heavy (non-hydrogen) atoms. The summed E-state index contributed by atoms with van der Waals surface area (Å²) in [6.07, 6.45) is 8.44. The van der Waals surface area contributed by atoms with E-state index in [1.807, 2.05) is 6.07 Å². The molecule has 2 heterocycles. The highest BCUT2D eigenvalue weighted by Crippen LogP contribution is 2.39. The zero-order valence-corrected chi connectivity index (χ0v) is 18.6. The largest absolute Gasteiger partial charge is 0.349 e. The minimum absolute atomic E-state index is 0.0123. The van der Waals surface area contributed by atoms with E-state index >= 15 is 0 Å². The molecule has 1 N–H and O–H groups in total. The number of carbonyl (C=O) groups excluding carboxylic acids is 1. The maximum absolute atomic E-state index is 12.6. The van der Waals surface area contributed by atoms with E-state index in [1.165, 1.54) is 18.6 Å². The number of sulfone groups is 1. The first-order valence-electron chi connectivity index (χ1n) is 9.77. The van der Waals surface area contributed by atoms with Gasteiger partial charge in [-0.25, -0.2) is 18.4 Å². The summed E-state index contributed by atoms with van der Waals surface area (Å²) >= 11 is 6.06. The summed E-state index contributed by atoms with van der Waals surface area (Å²) in [6, 6.07) is 7.44. The maximum atomic E-state index is 12.6. The Morgan fingerprint density at radius 2 is 2.00 bits per heavy atom. The molecule has 1 aromatic carbocycles. The van der Waals surface area contributed by atoms with Crippen molar-refractivity contribution in [3.8, 4) is 6.07 Å². The van der Waals surface area contributed by atoms with Crippen LogP contribution >= 0.6 is 11.6 Å². The summed E-state index contributed by atoms with van der Waals surface area (Å²) in [7, 11) is -3.46. The fourth-order valence-electron chi connectivity index (χ4n) is 3.60.